The number of thiazole rings is 1. The van der Waals surface area contributed by atoms with Crippen molar-refractivity contribution in [2.24, 2.45) is 0 Å². The average molecular weight is 369 g/mol. The summed E-state index contributed by atoms with van der Waals surface area (Å²) in [5, 5.41) is 10.7. The Morgan fingerprint density at radius 3 is 2.68 bits per heavy atom. The molecule has 3 N–H and O–H groups in total. The number of nitrogens with zero attached hydrogens (tertiary/aromatic N) is 1. The van der Waals surface area contributed by atoms with Crippen LogP contribution in [0, 0.1) is 0 Å². The van der Waals surface area contributed by atoms with Gasteiger partial charge in [0, 0.05) is 24.5 Å². The lowest BCUT2D eigenvalue weighted by Gasteiger charge is -2.16. The number of nitrogens with one attached hydrogen (secondary N) is 3. The fourth-order valence-electron chi connectivity index (χ4n) is 2.44. The molecular weight excluding hydrogens is 340 g/mol. The second-order valence-electron chi connectivity index (χ2n) is 5.80. The largest absolute Gasteiger partial charge is 0.359 e. The summed E-state index contributed by atoms with van der Waals surface area (Å²) in [4.78, 5) is 38.8. The van der Waals surface area contributed by atoms with Gasteiger partial charge in [-0.3, -0.25) is 14.4 Å². The van der Waals surface area contributed by atoms with Crippen molar-refractivity contribution in [2.45, 2.75) is 51.0 Å². The molecule has 0 aromatic carbocycles. The van der Waals surface area contributed by atoms with Crippen LogP contribution in [0.25, 0.3) is 0 Å². The van der Waals surface area contributed by atoms with E-state index in [0.717, 1.165) is 38.6 Å². The summed E-state index contributed by atoms with van der Waals surface area (Å²) < 4.78 is 0. The zero-order chi connectivity index (χ0) is 18.3. The first-order valence-corrected chi connectivity index (χ1v) is 9.61. The number of hydrogen-bond donors (Lipinski definition) is 3. The van der Waals surface area contributed by atoms with Crippen molar-refractivity contribution in [3.8, 4) is 0 Å². The van der Waals surface area contributed by atoms with Gasteiger partial charge in [0.1, 0.15) is 0 Å². The third kappa shape index (κ3) is 9.31. The molecule has 0 bridgehead atoms. The van der Waals surface area contributed by atoms with E-state index in [1.807, 2.05) is 7.05 Å². The number of ketones is 1. The Kier molecular flexibility index (Phi) is 11.5. The summed E-state index contributed by atoms with van der Waals surface area (Å²) in [6, 6.07) is -0.510. The van der Waals surface area contributed by atoms with Crippen molar-refractivity contribution >= 4 is 29.4 Å². The number of unbranched alkanes of at least 4 members (excludes halogenated alkanes) is 3. The van der Waals surface area contributed by atoms with Crippen molar-refractivity contribution < 1.29 is 14.4 Å². The van der Waals surface area contributed by atoms with Gasteiger partial charge in [-0.15, -0.1) is 11.3 Å². The molecule has 0 aliphatic carbocycles. The molecule has 0 radical (unpaired) electrons. The number of hydrogen-bond acceptors (Lipinski definition) is 6. The van der Waals surface area contributed by atoms with E-state index in [0.29, 0.717) is 30.8 Å². The summed E-state index contributed by atoms with van der Waals surface area (Å²) in [5.74, 6) is -0.204. The first-order valence-electron chi connectivity index (χ1n) is 8.73. The molecule has 7 nitrogen and oxygen atoms in total. The standard InChI is InChI=1S/C17H28N4O3S/c1-18-9-6-7-14(16(24)17-20-11-12-25-17)21-15(23)8-4-2-3-5-10-19-13-22/h11-14,18H,2-10H2,1H3,(H,19,22)(H,21,23)/t14-/m0/s1. The monoisotopic (exact) mass is 368 g/mol. The van der Waals surface area contributed by atoms with E-state index < -0.39 is 6.04 Å². The van der Waals surface area contributed by atoms with Gasteiger partial charge >= 0.3 is 0 Å². The second kappa shape index (κ2) is 13.5. The van der Waals surface area contributed by atoms with Gasteiger partial charge in [-0.25, -0.2) is 4.98 Å². The molecule has 0 aliphatic heterocycles. The van der Waals surface area contributed by atoms with E-state index in [2.05, 4.69) is 20.9 Å². The van der Waals surface area contributed by atoms with E-state index in [1.165, 1.54) is 11.3 Å². The predicted octanol–water partition coefficient (Wildman–Crippen LogP) is 1.51. The first kappa shape index (κ1) is 21.2. The summed E-state index contributed by atoms with van der Waals surface area (Å²) in [6.07, 6.45) is 7.71. The number of rotatable bonds is 15. The highest BCUT2D eigenvalue weighted by atomic mass is 32.1. The van der Waals surface area contributed by atoms with Crippen LogP contribution in [-0.2, 0) is 9.59 Å². The van der Waals surface area contributed by atoms with Gasteiger partial charge in [0.15, 0.2) is 5.01 Å². The topological polar surface area (TPSA) is 100 Å². The fourth-order valence-corrected chi connectivity index (χ4v) is 3.07. The number of Topliss-reactive ketones (excluding diaryl/α,β-unsaturated/α-hetero) is 1. The Hall–Kier alpha value is -1.80. The molecule has 0 fully saturated rings. The Morgan fingerprint density at radius 2 is 2.00 bits per heavy atom. The number of carbonyl (C=O) groups excluding carboxylic acids is 3. The SMILES string of the molecule is CNCCC[C@H](NC(=O)CCCCCCNC=O)C(=O)c1nccs1. The lowest BCUT2D eigenvalue weighted by molar-refractivity contribution is -0.121. The van der Waals surface area contributed by atoms with Crippen LogP contribution in [0.1, 0.15) is 54.7 Å². The van der Waals surface area contributed by atoms with E-state index in [-0.39, 0.29) is 11.7 Å². The van der Waals surface area contributed by atoms with Crippen LogP contribution in [0.4, 0.5) is 0 Å². The zero-order valence-corrected chi connectivity index (χ0v) is 15.6. The number of carbonyl (C=O) groups is 3. The minimum absolute atomic E-state index is 0.0922. The highest BCUT2D eigenvalue weighted by Gasteiger charge is 2.23. The van der Waals surface area contributed by atoms with E-state index >= 15 is 0 Å². The van der Waals surface area contributed by atoms with Gasteiger partial charge in [-0.1, -0.05) is 12.8 Å². The molecule has 140 valence electrons. The van der Waals surface area contributed by atoms with Crippen molar-refractivity contribution in [1.29, 1.82) is 0 Å². The van der Waals surface area contributed by atoms with Gasteiger partial charge in [0.2, 0.25) is 18.1 Å². The maximum atomic E-state index is 12.5. The Morgan fingerprint density at radius 1 is 1.20 bits per heavy atom. The van der Waals surface area contributed by atoms with Gasteiger partial charge in [-0.2, -0.15) is 0 Å². The molecule has 1 atom stereocenters. The Balaban J connectivity index is 2.35. The number of aromatic nitrogens is 1. The molecule has 25 heavy (non-hydrogen) atoms. The second-order valence-corrected chi connectivity index (χ2v) is 6.70. The normalized spacial score (nSPS) is 11.7. The van der Waals surface area contributed by atoms with Gasteiger partial charge in [-0.05, 0) is 39.3 Å². The van der Waals surface area contributed by atoms with E-state index in [4.69, 9.17) is 0 Å². The van der Waals surface area contributed by atoms with E-state index in [9.17, 15) is 14.4 Å². The lowest BCUT2D eigenvalue weighted by atomic mass is 10.1. The zero-order valence-electron chi connectivity index (χ0n) is 14.8. The van der Waals surface area contributed by atoms with Crippen LogP contribution in [0.15, 0.2) is 11.6 Å². The maximum Gasteiger partial charge on any atom is 0.220 e. The number of amides is 2. The van der Waals surface area contributed by atoms with Crippen molar-refractivity contribution in [1.82, 2.24) is 20.9 Å². The molecule has 1 aromatic rings. The smallest absolute Gasteiger partial charge is 0.220 e. The van der Waals surface area contributed by atoms with Crippen molar-refractivity contribution in [3.05, 3.63) is 16.6 Å². The summed E-state index contributed by atoms with van der Waals surface area (Å²) >= 11 is 1.30. The molecule has 0 aliphatic rings. The van der Waals surface area contributed by atoms with E-state index in [1.54, 1.807) is 11.6 Å². The van der Waals surface area contributed by atoms with Gasteiger partial charge in [0.05, 0.1) is 6.04 Å². The average Bonchev–Trinajstić information content (AvgIpc) is 3.14. The summed E-state index contributed by atoms with van der Waals surface area (Å²) in [7, 11) is 1.86. The minimum Gasteiger partial charge on any atom is -0.359 e. The van der Waals surface area contributed by atoms with Crippen LogP contribution in [-0.4, -0.2) is 49.3 Å². The predicted molar refractivity (Wildman–Crippen MR) is 98.7 cm³/mol. The fraction of sp³-hybridized carbons (Fsp3) is 0.647. The van der Waals surface area contributed by atoms with Crippen LogP contribution in [0.2, 0.25) is 0 Å². The summed E-state index contributed by atoms with van der Waals surface area (Å²) in [5.41, 5.74) is 0. The molecule has 0 unspecified atom stereocenters. The van der Waals surface area contributed by atoms with Crippen LogP contribution < -0.4 is 16.0 Å². The molecular formula is C17H28N4O3S. The lowest BCUT2D eigenvalue weighted by Crippen LogP contribution is -2.41. The maximum absolute atomic E-state index is 12.5. The third-order valence-corrected chi connectivity index (χ3v) is 4.56. The van der Waals surface area contributed by atoms with Crippen LogP contribution in [0.5, 0.6) is 0 Å². The molecule has 0 saturated carbocycles. The minimum atomic E-state index is -0.510. The quantitative estimate of drug-likeness (QED) is 0.247. The molecule has 0 saturated heterocycles. The summed E-state index contributed by atoms with van der Waals surface area (Å²) in [6.45, 7) is 1.47. The highest BCUT2D eigenvalue weighted by Crippen LogP contribution is 2.11. The van der Waals surface area contributed by atoms with Crippen molar-refractivity contribution in [3.63, 3.8) is 0 Å². The highest BCUT2D eigenvalue weighted by molar-refractivity contribution is 7.11. The van der Waals surface area contributed by atoms with Crippen LogP contribution >= 0.6 is 11.3 Å². The van der Waals surface area contributed by atoms with Gasteiger partial charge in [0.25, 0.3) is 0 Å². The van der Waals surface area contributed by atoms with Crippen molar-refractivity contribution in [2.75, 3.05) is 20.1 Å². The molecule has 1 rings (SSSR count). The molecule has 1 heterocycles. The molecule has 2 amide bonds. The molecule has 8 heteroatoms. The Labute approximate surface area is 153 Å². The third-order valence-electron chi connectivity index (χ3n) is 3.77. The van der Waals surface area contributed by atoms with Gasteiger partial charge < -0.3 is 16.0 Å². The molecule has 1 aromatic heterocycles. The molecule has 0 spiro atoms. The Bertz CT molecular complexity index is 508. The van der Waals surface area contributed by atoms with Crippen LogP contribution in [0.3, 0.4) is 0 Å². The first-order chi connectivity index (χ1) is 12.2.